The smallest absolute Gasteiger partial charge is 0.0959 e. The van der Waals surface area contributed by atoms with Gasteiger partial charge in [0.25, 0.3) is 0 Å². The normalized spacial score (nSPS) is 33.4. The quantitative estimate of drug-likeness (QED) is 0.748. The fourth-order valence-electron chi connectivity index (χ4n) is 2.43. The molecule has 15 heavy (non-hydrogen) atoms. The molecule has 0 amide bonds. The zero-order valence-electron chi connectivity index (χ0n) is 10.4. The Morgan fingerprint density at radius 3 is 2.73 bits per heavy atom. The molecule has 0 bridgehead atoms. The Morgan fingerprint density at radius 2 is 2.20 bits per heavy atom. The number of aliphatic hydroxyl groups is 1. The van der Waals surface area contributed by atoms with Gasteiger partial charge in [0, 0.05) is 13.2 Å². The molecule has 1 saturated heterocycles. The Balaban J connectivity index is 2.73. The summed E-state index contributed by atoms with van der Waals surface area (Å²) in [5.74, 6) is 0.713. The average molecular weight is 215 g/mol. The number of nitrogens with one attached hydrogen (secondary N) is 1. The minimum atomic E-state index is -0.0923. The molecule has 1 fully saturated rings. The molecular weight excluding hydrogens is 190 g/mol. The molecule has 2 N–H and O–H groups in total. The van der Waals surface area contributed by atoms with Crippen molar-refractivity contribution in [3.8, 4) is 0 Å². The van der Waals surface area contributed by atoms with Crippen molar-refractivity contribution < 1.29 is 9.84 Å². The van der Waals surface area contributed by atoms with Gasteiger partial charge >= 0.3 is 0 Å². The first kappa shape index (κ1) is 12.9. The first-order chi connectivity index (χ1) is 7.01. The van der Waals surface area contributed by atoms with E-state index in [1.165, 1.54) is 12.8 Å². The second-order valence-corrected chi connectivity index (χ2v) is 5.48. The molecule has 1 aliphatic heterocycles. The van der Waals surface area contributed by atoms with Crippen LogP contribution in [0.2, 0.25) is 0 Å². The molecule has 3 heteroatoms. The summed E-state index contributed by atoms with van der Waals surface area (Å²) >= 11 is 0. The maximum Gasteiger partial charge on any atom is 0.0959 e. The van der Waals surface area contributed by atoms with Gasteiger partial charge in [-0.05, 0) is 30.7 Å². The summed E-state index contributed by atoms with van der Waals surface area (Å²) in [6, 6.07) is 0.248. The number of rotatable bonds is 3. The van der Waals surface area contributed by atoms with Gasteiger partial charge in [0.05, 0.1) is 12.7 Å². The van der Waals surface area contributed by atoms with Crippen molar-refractivity contribution in [2.75, 3.05) is 20.3 Å². The van der Waals surface area contributed by atoms with Crippen LogP contribution in [0.3, 0.4) is 0 Å². The zero-order chi connectivity index (χ0) is 11.5. The highest BCUT2D eigenvalue weighted by Crippen LogP contribution is 2.33. The van der Waals surface area contributed by atoms with E-state index in [4.69, 9.17) is 4.74 Å². The Hall–Kier alpha value is -0.120. The predicted molar refractivity (Wildman–Crippen MR) is 61.9 cm³/mol. The predicted octanol–water partition coefficient (Wildman–Crippen LogP) is 1.41. The Kier molecular flexibility index (Phi) is 4.56. The van der Waals surface area contributed by atoms with Gasteiger partial charge in [-0.3, -0.25) is 0 Å². The molecule has 0 aliphatic carbocycles. The zero-order valence-corrected chi connectivity index (χ0v) is 10.4. The number of methoxy groups -OCH3 is 1. The summed E-state index contributed by atoms with van der Waals surface area (Å²) in [7, 11) is 1.67. The molecular formula is C12H25NO2. The third kappa shape index (κ3) is 3.16. The minimum Gasteiger partial charge on any atom is -0.394 e. The van der Waals surface area contributed by atoms with Gasteiger partial charge in [-0.25, -0.2) is 0 Å². The topological polar surface area (TPSA) is 41.5 Å². The van der Waals surface area contributed by atoms with E-state index in [9.17, 15) is 5.11 Å². The fourth-order valence-corrected chi connectivity index (χ4v) is 2.43. The average Bonchev–Trinajstić information content (AvgIpc) is 2.32. The van der Waals surface area contributed by atoms with Crippen molar-refractivity contribution in [1.29, 1.82) is 0 Å². The van der Waals surface area contributed by atoms with Gasteiger partial charge in [0.1, 0.15) is 0 Å². The number of hydrogen-bond donors (Lipinski definition) is 2. The lowest BCUT2D eigenvalue weighted by Gasteiger charge is -2.37. The molecule has 0 radical (unpaired) electrons. The van der Waals surface area contributed by atoms with Crippen molar-refractivity contribution in [2.45, 2.75) is 45.8 Å². The maximum atomic E-state index is 9.30. The van der Waals surface area contributed by atoms with E-state index in [1.807, 2.05) is 0 Å². The van der Waals surface area contributed by atoms with Crippen LogP contribution in [-0.4, -0.2) is 37.5 Å². The van der Waals surface area contributed by atoms with E-state index in [0.29, 0.717) is 5.92 Å². The number of aliphatic hydroxyl groups excluding tert-OH is 1. The van der Waals surface area contributed by atoms with Crippen LogP contribution in [0.15, 0.2) is 0 Å². The van der Waals surface area contributed by atoms with E-state index in [-0.39, 0.29) is 24.2 Å². The van der Waals surface area contributed by atoms with Gasteiger partial charge < -0.3 is 15.2 Å². The third-order valence-electron chi connectivity index (χ3n) is 3.66. The van der Waals surface area contributed by atoms with Crippen LogP contribution in [-0.2, 0) is 4.74 Å². The summed E-state index contributed by atoms with van der Waals surface area (Å²) in [4.78, 5) is 0. The monoisotopic (exact) mass is 215 g/mol. The Bertz CT molecular complexity index is 190. The number of hydrogen-bond acceptors (Lipinski definition) is 3. The van der Waals surface area contributed by atoms with Crippen molar-refractivity contribution >= 4 is 0 Å². The van der Waals surface area contributed by atoms with Gasteiger partial charge in [-0.2, -0.15) is 0 Å². The maximum absolute atomic E-state index is 9.30. The van der Waals surface area contributed by atoms with E-state index in [2.05, 4.69) is 26.1 Å². The van der Waals surface area contributed by atoms with E-state index < -0.39 is 0 Å². The summed E-state index contributed by atoms with van der Waals surface area (Å²) in [5, 5.41) is 12.8. The highest BCUT2D eigenvalue weighted by molar-refractivity contribution is 4.92. The molecule has 0 spiro atoms. The molecule has 0 saturated carbocycles. The molecule has 0 aromatic rings. The van der Waals surface area contributed by atoms with Crippen molar-refractivity contribution in [1.82, 2.24) is 5.32 Å². The van der Waals surface area contributed by atoms with Crippen LogP contribution in [0, 0.1) is 11.3 Å². The van der Waals surface area contributed by atoms with Gasteiger partial charge in [-0.1, -0.05) is 20.8 Å². The van der Waals surface area contributed by atoms with Gasteiger partial charge in [0.2, 0.25) is 0 Å². The summed E-state index contributed by atoms with van der Waals surface area (Å²) in [6.07, 6.45) is 2.34. The Labute approximate surface area is 93.2 Å². The molecule has 1 rings (SSSR count). The second-order valence-electron chi connectivity index (χ2n) is 5.48. The second kappa shape index (κ2) is 5.28. The van der Waals surface area contributed by atoms with Crippen LogP contribution in [0.4, 0.5) is 0 Å². The van der Waals surface area contributed by atoms with Gasteiger partial charge in [0.15, 0.2) is 0 Å². The molecule has 3 atom stereocenters. The molecule has 0 aromatic heterocycles. The standard InChI is InChI=1S/C12H25NO2/c1-9-5-6-12(2,3)11(13-7-9)10(8-14)15-4/h9-11,13-14H,5-8H2,1-4H3/t9-,10+,11-/m0/s1. The molecule has 0 aromatic carbocycles. The fraction of sp³-hybridized carbons (Fsp3) is 1.00. The van der Waals surface area contributed by atoms with Crippen LogP contribution in [0.5, 0.6) is 0 Å². The van der Waals surface area contributed by atoms with Crippen LogP contribution in [0.25, 0.3) is 0 Å². The van der Waals surface area contributed by atoms with Gasteiger partial charge in [-0.15, -0.1) is 0 Å². The van der Waals surface area contributed by atoms with E-state index in [1.54, 1.807) is 7.11 Å². The summed E-state index contributed by atoms with van der Waals surface area (Å²) in [5.41, 5.74) is 0.189. The first-order valence-electron chi connectivity index (χ1n) is 5.88. The SMILES string of the molecule is CO[C@H](CO)[C@@H]1NC[C@@H](C)CCC1(C)C. The van der Waals surface area contributed by atoms with Crippen molar-refractivity contribution in [3.05, 3.63) is 0 Å². The molecule has 3 nitrogen and oxygen atoms in total. The van der Waals surface area contributed by atoms with Crippen LogP contribution in [0.1, 0.15) is 33.6 Å². The lowest BCUT2D eigenvalue weighted by atomic mass is 9.78. The Morgan fingerprint density at radius 1 is 1.53 bits per heavy atom. The molecule has 0 unspecified atom stereocenters. The molecule has 1 aliphatic rings. The minimum absolute atomic E-state index is 0.0893. The molecule has 90 valence electrons. The van der Waals surface area contributed by atoms with Crippen molar-refractivity contribution in [2.24, 2.45) is 11.3 Å². The van der Waals surface area contributed by atoms with E-state index in [0.717, 1.165) is 6.54 Å². The third-order valence-corrected chi connectivity index (χ3v) is 3.66. The lowest BCUT2D eigenvalue weighted by Crippen LogP contribution is -2.51. The van der Waals surface area contributed by atoms with Crippen LogP contribution >= 0.6 is 0 Å². The van der Waals surface area contributed by atoms with Crippen LogP contribution < -0.4 is 5.32 Å². The molecule has 1 heterocycles. The lowest BCUT2D eigenvalue weighted by molar-refractivity contribution is -0.0108. The largest absolute Gasteiger partial charge is 0.394 e. The van der Waals surface area contributed by atoms with E-state index >= 15 is 0 Å². The summed E-state index contributed by atoms with van der Waals surface area (Å²) < 4.78 is 5.35. The number of ether oxygens (including phenoxy) is 1. The van der Waals surface area contributed by atoms with Crippen molar-refractivity contribution in [3.63, 3.8) is 0 Å². The first-order valence-corrected chi connectivity index (χ1v) is 5.88. The summed E-state index contributed by atoms with van der Waals surface area (Å²) in [6.45, 7) is 7.89. The highest BCUT2D eigenvalue weighted by Gasteiger charge is 2.37. The highest BCUT2D eigenvalue weighted by atomic mass is 16.5.